The van der Waals surface area contributed by atoms with Crippen molar-refractivity contribution in [2.45, 2.75) is 30.4 Å². The van der Waals surface area contributed by atoms with Crippen LogP contribution < -0.4 is 10.0 Å². The third kappa shape index (κ3) is 5.69. The molecular weight excluding hydrogens is 264 g/mol. The average Bonchev–Trinajstić information content (AvgIpc) is 2.36. The number of β-amino-alcohol motifs (C(OH)–C–C–N with tert-alkyl or cyclic N) is 1. The largest absolute Gasteiger partial charge is 0.392 e. The number of hydrogen-bond acceptors (Lipinski definition) is 4. The van der Waals surface area contributed by atoms with Gasteiger partial charge in [-0.05, 0) is 32.9 Å². The zero-order valence-electron chi connectivity index (χ0n) is 11.3. The minimum Gasteiger partial charge on any atom is -0.392 e. The van der Waals surface area contributed by atoms with Crippen LogP contribution in [0.15, 0.2) is 35.2 Å². The summed E-state index contributed by atoms with van der Waals surface area (Å²) in [5.74, 6) is 0. The summed E-state index contributed by atoms with van der Waals surface area (Å²) >= 11 is 0. The third-order valence-corrected chi connectivity index (χ3v) is 3.99. The zero-order chi connectivity index (χ0) is 14.5. The fourth-order valence-corrected chi connectivity index (χ4v) is 2.65. The summed E-state index contributed by atoms with van der Waals surface area (Å²) in [5, 5.41) is 12.2. The molecule has 0 saturated heterocycles. The van der Waals surface area contributed by atoms with E-state index in [1.807, 2.05) is 13.8 Å². The molecule has 0 saturated carbocycles. The second-order valence-electron chi connectivity index (χ2n) is 5.06. The van der Waals surface area contributed by atoms with Crippen LogP contribution in [0.2, 0.25) is 0 Å². The molecule has 19 heavy (non-hydrogen) atoms. The Morgan fingerprint density at radius 1 is 1.32 bits per heavy atom. The Kier molecular flexibility index (Phi) is 5.49. The van der Waals surface area contributed by atoms with E-state index in [2.05, 4.69) is 17.0 Å². The molecule has 1 aromatic carbocycles. The molecule has 0 fully saturated rings. The molecular formula is C13H21N2O3S. The van der Waals surface area contributed by atoms with E-state index in [1.165, 1.54) is 0 Å². The first-order valence-electron chi connectivity index (χ1n) is 6.04. The molecule has 0 bridgehead atoms. The lowest BCUT2D eigenvalue weighted by atomic mass is 10.1. The van der Waals surface area contributed by atoms with E-state index < -0.39 is 21.7 Å². The van der Waals surface area contributed by atoms with E-state index in [0.29, 0.717) is 6.54 Å². The average molecular weight is 285 g/mol. The van der Waals surface area contributed by atoms with E-state index in [-0.39, 0.29) is 11.4 Å². The minimum atomic E-state index is -3.50. The lowest BCUT2D eigenvalue weighted by molar-refractivity contribution is 0.199. The SMILES string of the molecule is [CH2]C(O)CNC(C)(C)CNS(=O)(=O)c1ccccc1. The van der Waals surface area contributed by atoms with Gasteiger partial charge < -0.3 is 10.4 Å². The van der Waals surface area contributed by atoms with Crippen LogP contribution in [0.3, 0.4) is 0 Å². The van der Waals surface area contributed by atoms with E-state index in [9.17, 15) is 8.42 Å². The van der Waals surface area contributed by atoms with Gasteiger partial charge in [-0.3, -0.25) is 0 Å². The first-order valence-corrected chi connectivity index (χ1v) is 7.52. The molecule has 1 aromatic rings. The second-order valence-corrected chi connectivity index (χ2v) is 6.82. The Morgan fingerprint density at radius 3 is 2.42 bits per heavy atom. The Hall–Kier alpha value is -0.950. The highest BCUT2D eigenvalue weighted by molar-refractivity contribution is 7.89. The third-order valence-electron chi connectivity index (χ3n) is 2.57. The molecule has 3 N–H and O–H groups in total. The molecule has 6 heteroatoms. The van der Waals surface area contributed by atoms with E-state index >= 15 is 0 Å². The summed E-state index contributed by atoms with van der Waals surface area (Å²) in [5.41, 5.74) is -0.472. The van der Waals surface area contributed by atoms with Gasteiger partial charge in [-0.25, -0.2) is 13.1 Å². The smallest absolute Gasteiger partial charge is 0.240 e. The number of nitrogens with one attached hydrogen (secondary N) is 2. The maximum absolute atomic E-state index is 12.0. The van der Waals surface area contributed by atoms with Crippen LogP contribution in [0.4, 0.5) is 0 Å². The number of sulfonamides is 1. The Bertz CT molecular complexity index is 484. The molecule has 1 unspecified atom stereocenters. The number of benzene rings is 1. The minimum absolute atomic E-state index is 0.219. The highest BCUT2D eigenvalue weighted by Gasteiger charge is 2.21. The van der Waals surface area contributed by atoms with Gasteiger partial charge >= 0.3 is 0 Å². The van der Waals surface area contributed by atoms with Gasteiger partial charge in [-0.15, -0.1) is 0 Å². The van der Waals surface area contributed by atoms with Crippen LogP contribution in [0.25, 0.3) is 0 Å². The van der Waals surface area contributed by atoms with E-state index in [4.69, 9.17) is 5.11 Å². The molecule has 0 spiro atoms. The molecule has 0 aromatic heterocycles. The van der Waals surface area contributed by atoms with Crippen molar-refractivity contribution in [3.05, 3.63) is 37.3 Å². The highest BCUT2D eigenvalue weighted by atomic mass is 32.2. The maximum Gasteiger partial charge on any atom is 0.240 e. The van der Waals surface area contributed by atoms with Crippen LogP contribution in [0, 0.1) is 6.92 Å². The van der Waals surface area contributed by atoms with Crippen LogP contribution in [-0.4, -0.2) is 38.3 Å². The Labute approximate surface area is 115 Å². The van der Waals surface area contributed by atoms with Gasteiger partial charge in [-0.2, -0.15) is 0 Å². The van der Waals surface area contributed by atoms with Crippen molar-refractivity contribution in [2.75, 3.05) is 13.1 Å². The predicted octanol–water partition coefficient (Wildman–Crippen LogP) is 0.528. The van der Waals surface area contributed by atoms with Crippen molar-refractivity contribution < 1.29 is 13.5 Å². The molecule has 0 aliphatic rings. The zero-order valence-corrected chi connectivity index (χ0v) is 12.1. The molecule has 1 rings (SSSR count). The predicted molar refractivity (Wildman–Crippen MR) is 75.1 cm³/mol. The summed E-state index contributed by atoms with van der Waals surface area (Å²) in [6.45, 7) is 7.68. The molecule has 0 heterocycles. The lowest BCUT2D eigenvalue weighted by Crippen LogP contribution is -2.50. The fourth-order valence-electron chi connectivity index (χ4n) is 1.42. The summed E-state index contributed by atoms with van der Waals surface area (Å²) in [6, 6.07) is 8.21. The summed E-state index contributed by atoms with van der Waals surface area (Å²) in [4.78, 5) is 0.239. The quantitative estimate of drug-likeness (QED) is 0.683. The lowest BCUT2D eigenvalue weighted by Gasteiger charge is -2.27. The molecule has 5 nitrogen and oxygen atoms in total. The highest BCUT2D eigenvalue weighted by Crippen LogP contribution is 2.09. The van der Waals surface area contributed by atoms with Gasteiger partial charge in [0.05, 0.1) is 11.0 Å². The standard InChI is InChI=1S/C13H21N2O3S/c1-11(16)9-14-13(2,3)10-15-19(17,18)12-7-5-4-6-8-12/h4-8,11,14-16H,1,9-10H2,2-3H3. The van der Waals surface area contributed by atoms with Crippen LogP contribution >= 0.6 is 0 Å². The van der Waals surface area contributed by atoms with Crippen molar-refractivity contribution >= 4 is 10.0 Å². The van der Waals surface area contributed by atoms with Gasteiger partial charge in [0.1, 0.15) is 0 Å². The number of hydrogen-bond donors (Lipinski definition) is 3. The fraction of sp³-hybridized carbons (Fsp3) is 0.462. The van der Waals surface area contributed by atoms with Gasteiger partial charge in [0, 0.05) is 18.6 Å². The summed E-state index contributed by atoms with van der Waals surface area (Å²) < 4.78 is 26.6. The number of aliphatic hydroxyl groups excluding tert-OH is 1. The van der Waals surface area contributed by atoms with Gasteiger partial charge in [0.25, 0.3) is 0 Å². The summed E-state index contributed by atoms with van der Waals surface area (Å²) in [6.07, 6.45) is -0.718. The molecule has 1 radical (unpaired) electrons. The molecule has 0 amide bonds. The monoisotopic (exact) mass is 285 g/mol. The van der Waals surface area contributed by atoms with Crippen molar-refractivity contribution in [1.82, 2.24) is 10.0 Å². The number of aliphatic hydroxyl groups is 1. The van der Waals surface area contributed by atoms with Crippen LogP contribution in [-0.2, 0) is 10.0 Å². The molecule has 0 aliphatic heterocycles. The van der Waals surface area contributed by atoms with Gasteiger partial charge in [0.2, 0.25) is 10.0 Å². The van der Waals surface area contributed by atoms with Crippen molar-refractivity contribution in [2.24, 2.45) is 0 Å². The molecule has 1 atom stereocenters. The van der Waals surface area contributed by atoms with Crippen molar-refractivity contribution in [3.63, 3.8) is 0 Å². The molecule has 107 valence electrons. The maximum atomic E-state index is 12.0. The second kappa shape index (κ2) is 6.47. The van der Waals surface area contributed by atoms with Gasteiger partial charge in [-0.1, -0.05) is 18.2 Å². The van der Waals surface area contributed by atoms with Crippen molar-refractivity contribution in [3.8, 4) is 0 Å². The summed E-state index contributed by atoms with van der Waals surface area (Å²) in [7, 11) is -3.50. The van der Waals surface area contributed by atoms with E-state index in [1.54, 1.807) is 30.3 Å². The van der Waals surface area contributed by atoms with Crippen molar-refractivity contribution in [1.29, 1.82) is 0 Å². The van der Waals surface area contributed by atoms with E-state index in [0.717, 1.165) is 0 Å². The van der Waals surface area contributed by atoms with Gasteiger partial charge in [0.15, 0.2) is 0 Å². The van der Waals surface area contributed by atoms with Crippen LogP contribution in [0.1, 0.15) is 13.8 Å². The molecule has 0 aliphatic carbocycles. The first kappa shape index (κ1) is 16.1. The Morgan fingerprint density at radius 2 is 1.89 bits per heavy atom. The Balaban J connectivity index is 2.61. The normalized spacial score (nSPS) is 14.3. The first-order chi connectivity index (χ1) is 8.73. The topological polar surface area (TPSA) is 78.4 Å². The van der Waals surface area contributed by atoms with Crippen LogP contribution in [0.5, 0.6) is 0 Å². The number of rotatable bonds is 7.